The Balaban J connectivity index is 2.23. The van der Waals surface area contributed by atoms with Crippen LogP contribution in [0.1, 0.15) is 21.1 Å². The summed E-state index contributed by atoms with van der Waals surface area (Å²) in [6.07, 6.45) is 0. The van der Waals surface area contributed by atoms with Crippen LogP contribution in [0.5, 0.6) is 0 Å². The minimum absolute atomic E-state index is 0.145. The number of anilines is 1. The number of amides is 1. The Morgan fingerprint density at radius 1 is 1.05 bits per heavy atom. The molecule has 0 aliphatic rings. The van der Waals surface area contributed by atoms with Crippen molar-refractivity contribution in [3.63, 3.8) is 0 Å². The summed E-state index contributed by atoms with van der Waals surface area (Å²) in [5.41, 5.74) is 0.240. The monoisotopic (exact) mass is 299 g/mol. The number of para-hydroxylation sites is 1. The Morgan fingerprint density at radius 2 is 1.63 bits per heavy atom. The van der Waals surface area contributed by atoms with Gasteiger partial charge in [0.05, 0.1) is 15.7 Å². The number of aromatic carboxylic acids is 1. The first-order valence-electron chi connectivity index (χ1n) is 5.07. The van der Waals surface area contributed by atoms with Gasteiger partial charge >= 0.3 is 5.97 Å². The summed E-state index contributed by atoms with van der Waals surface area (Å²) in [6, 6.07) is 7.20. The van der Waals surface area contributed by atoms with Crippen LogP contribution in [0.15, 0.2) is 34.7 Å². The van der Waals surface area contributed by atoms with E-state index in [1.165, 1.54) is 12.1 Å². The number of carboxylic acid groups (broad SMARTS) is 1. The highest BCUT2D eigenvalue weighted by molar-refractivity contribution is 6.39. The molecule has 2 aromatic rings. The third kappa shape index (κ3) is 2.89. The van der Waals surface area contributed by atoms with Gasteiger partial charge in [-0.2, -0.15) is 0 Å². The van der Waals surface area contributed by atoms with Crippen molar-refractivity contribution < 1.29 is 19.1 Å². The second-order valence-electron chi connectivity index (χ2n) is 3.52. The lowest BCUT2D eigenvalue weighted by atomic mass is 10.3. The minimum atomic E-state index is -1.25. The number of nitrogens with one attached hydrogen (secondary N) is 1. The van der Waals surface area contributed by atoms with Crippen LogP contribution in [0.25, 0.3) is 0 Å². The smallest absolute Gasteiger partial charge is 0.371 e. The molecule has 0 atom stereocenters. The molecular formula is C12H7Cl2NO4. The third-order valence-corrected chi connectivity index (χ3v) is 2.87. The summed E-state index contributed by atoms with van der Waals surface area (Å²) >= 11 is 11.8. The summed E-state index contributed by atoms with van der Waals surface area (Å²) in [6.45, 7) is 0. The van der Waals surface area contributed by atoms with Gasteiger partial charge in [0.25, 0.3) is 5.91 Å². The van der Waals surface area contributed by atoms with E-state index in [0.29, 0.717) is 0 Å². The average molecular weight is 300 g/mol. The Labute approximate surface area is 117 Å². The first-order chi connectivity index (χ1) is 8.99. The molecule has 2 rings (SSSR count). The van der Waals surface area contributed by atoms with Crippen LogP contribution in [0, 0.1) is 0 Å². The lowest BCUT2D eigenvalue weighted by molar-refractivity contribution is 0.0660. The lowest BCUT2D eigenvalue weighted by Crippen LogP contribution is -2.11. The van der Waals surface area contributed by atoms with E-state index in [2.05, 4.69) is 5.32 Å². The number of carboxylic acids is 1. The average Bonchev–Trinajstić information content (AvgIpc) is 2.83. The minimum Gasteiger partial charge on any atom is -0.475 e. The number of rotatable bonds is 3. The highest BCUT2D eigenvalue weighted by atomic mass is 35.5. The summed E-state index contributed by atoms with van der Waals surface area (Å²) < 4.78 is 4.86. The van der Waals surface area contributed by atoms with E-state index in [0.717, 1.165) is 0 Å². The van der Waals surface area contributed by atoms with Crippen molar-refractivity contribution >= 4 is 40.8 Å². The van der Waals surface area contributed by atoms with Crippen molar-refractivity contribution in [3.05, 3.63) is 51.9 Å². The zero-order chi connectivity index (χ0) is 14.0. The van der Waals surface area contributed by atoms with Gasteiger partial charge in [-0.1, -0.05) is 29.3 Å². The molecule has 0 spiro atoms. The van der Waals surface area contributed by atoms with Crippen LogP contribution in [0.3, 0.4) is 0 Å². The first-order valence-corrected chi connectivity index (χ1v) is 5.83. The van der Waals surface area contributed by atoms with Crippen molar-refractivity contribution in [2.24, 2.45) is 0 Å². The summed E-state index contributed by atoms with van der Waals surface area (Å²) in [7, 11) is 0. The Kier molecular flexibility index (Phi) is 3.78. The molecule has 0 saturated heterocycles. The molecule has 19 heavy (non-hydrogen) atoms. The third-order valence-electron chi connectivity index (χ3n) is 2.24. The van der Waals surface area contributed by atoms with Crippen LogP contribution in [-0.4, -0.2) is 17.0 Å². The Hall–Kier alpha value is -1.98. The molecule has 0 fully saturated rings. The number of furan rings is 1. The predicted octanol–water partition coefficient (Wildman–Crippen LogP) is 3.54. The fourth-order valence-electron chi connectivity index (χ4n) is 1.37. The van der Waals surface area contributed by atoms with Gasteiger partial charge in [0.15, 0.2) is 5.76 Å². The number of carbonyl (C=O) groups excluding carboxylic acids is 1. The highest BCUT2D eigenvalue weighted by Gasteiger charge is 2.17. The van der Waals surface area contributed by atoms with Gasteiger partial charge in [0.2, 0.25) is 5.76 Å². The van der Waals surface area contributed by atoms with Gasteiger partial charge in [-0.3, -0.25) is 4.79 Å². The van der Waals surface area contributed by atoms with E-state index in [9.17, 15) is 9.59 Å². The molecule has 98 valence electrons. The standard InChI is InChI=1S/C12H7Cl2NO4/c13-6-2-1-3-7(14)10(6)15-11(16)8-4-5-9(19-8)12(17)18/h1-5H,(H,15,16)(H,17,18). The quantitative estimate of drug-likeness (QED) is 0.908. The van der Waals surface area contributed by atoms with Crippen LogP contribution < -0.4 is 5.32 Å². The highest BCUT2D eigenvalue weighted by Crippen LogP contribution is 2.30. The van der Waals surface area contributed by atoms with Crippen molar-refractivity contribution in [2.45, 2.75) is 0 Å². The van der Waals surface area contributed by atoms with Crippen molar-refractivity contribution in [3.8, 4) is 0 Å². The normalized spacial score (nSPS) is 10.2. The van der Waals surface area contributed by atoms with Crippen LogP contribution in [0.4, 0.5) is 5.69 Å². The van der Waals surface area contributed by atoms with Crippen LogP contribution >= 0.6 is 23.2 Å². The van der Waals surface area contributed by atoms with E-state index in [1.807, 2.05) is 0 Å². The Bertz CT molecular complexity index is 631. The van der Waals surface area contributed by atoms with E-state index in [1.54, 1.807) is 18.2 Å². The topological polar surface area (TPSA) is 79.5 Å². The van der Waals surface area contributed by atoms with E-state index < -0.39 is 11.9 Å². The van der Waals surface area contributed by atoms with Crippen LogP contribution in [-0.2, 0) is 0 Å². The number of hydrogen-bond acceptors (Lipinski definition) is 3. The molecule has 2 N–H and O–H groups in total. The second kappa shape index (κ2) is 5.34. The second-order valence-corrected chi connectivity index (χ2v) is 4.33. The van der Waals surface area contributed by atoms with Gasteiger partial charge in [-0.25, -0.2) is 4.79 Å². The fourth-order valence-corrected chi connectivity index (χ4v) is 1.86. The maximum absolute atomic E-state index is 11.8. The van der Waals surface area contributed by atoms with Crippen molar-refractivity contribution in [1.29, 1.82) is 0 Å². The molecule has 5 nitrogen and oxygen atoms in total. The summed E-state index contributed by atoms with van der Waals surface area (Å²) in [5.74, 6) is -2.36. The molecule has 0 aliphatic heterocycles. The zero-order valence-corrected chi connectivity index (χ0v) is 10.8. The van der Waals surface area contributed by atoms with E-state index in [-0.39, 0.29) is 27.3 Å². The maximum atomic E-state index is 11.8. The van der Waals surface area contributed by atoms with Gasteiger partial charge in [-0.05, 0) is 24.3 Å². The molecule has 0 saturated carbocycles. The Morgan fingerprint density at radius 3 is 2.16 bits per heavy atom. The van der Waals surface area contributed by atoms with Crippen molar-refractivity contribution in [1.82, 2.24) is 0 Å². The zero-order valence-electron chi connectivity index (χ0n) is 9.31. The summed E-state index contributed by atoms with van der Waals surface area (Å²) in [4.78, 5) is 22.5. The summed E-state index contributed by atoms with van der Waals surface area (Å²) in [5, 5.41) is 11.7. The molecule has 0 unspecified atom stereocenters. The molecule has 0 aliphatic carbocycles. The van der Waals surface area contributed by atoms with E-state index >= 15 is 0 Å². The number of carbonyl (C=O) groups is 2. The molecule has 7 heteroatoms. The largest absolute Gasteiger partial charge is 0.475 e. The SMILES string of the molecule is O=C(O)c1ccc(C(=O)Nc2c(Cl)cccc2Cl)o1. The van der Waals surface area contributed by atoms with Gasteiger partial charge < -0.3 is 14.8 Å². The van der Waals surface area contributed by atoms with Gasteiger partial charge in [0.1, 0.15) is 0 Å². The van der Waals surface area contributed by atoms with Crippen LogP contribution in [0.2, 0.25) is 10.0 Å². The fraction of sp³-hybridized carbons (Fsp3) is 0. The lowest BCUT2D eigenvalue weighted by Gasteiger charge is -2.07. The molecule has 1 aromatic carbocycles. The predicted molar refractivity (Wildman–Crippen MR) is 70.1 cm³/mol. The van der Waals surface area contributed by atoms with Gasteiger partial charge in [-0.15, -0.1) is 0 Å². The van der Waals surface area contributed by atoms with Crippen molar-refractivity contribution in [2.75, 3.05) is 5.32 Å². The number of hydrogen-bond donors (Lipinski definition) is 2. The molecule has 0 bridgehead atoms. The van der Waals surface area contributed by atoms with E-state index in [4.69, 9.17) is 32.7 Å². The molecule has 1 aromatic heterocycles. The maximum Gasteiger partial charge on any atom is 0.371 e. The van der Waals surface area contributed by atoms with Gasteiger partial charge in [0, 0.05) is 0 Å². The molecule has 0 radical (unpaired) electrons. The number of benzene rings is 1. The molecule has 1 heterocycles. The molecular weight excluding hydrogens is 293 g/mol. The number of halogens is 2. The first kappa shape index (κ1) is 13.5. The molecule has 1 amide bonds.